The van der Waals surface area contributed by atoms with Gasteiger partial charge in [0.15, 0.2) is 0 Å². The van der Waals surface area contributed by atoms with E-state index in [0.29, 0.717) is 35.8 Å². The highest BCUT2D eigenvalue weighted by Crippen LogP contribution is 2.30. The van der Waals surface area contributed by atoms with E-state index in [1.54, 1.807) is 24.3 Å². The molecule has 1 aliphatic carbocycles. The second kappa shape index (κ2) is 18.8. The molecular formula is C39H51ClN6O7S. The number of Topliss-reactive ketones (excluding diaryl/α,β-unsaturated/α-hetero) is 1. The van der Waals surface area contributed by atoms with E-state index >= 15 is 0 Å². The molecular weight excluding hydrogens is 732 g/mol. The Morgan fingerprint density at radius 3 is 2.41 bits per heavy atom. The summed E-state index contributed by atoms with van der Waals surface area (Å²) in [6.07, 6.45) is 9.00. The van der Waals surface area contributed by atoms with Crippen LogP contribution in [0.1, 0.15) is 86.8 Å². The molecule has 4 atom stereocenters. The first kappa shape index (κ1) is 40.0. The predicted octanol–water partition coefficient (Wildman–Crippen LogP) is 4.91. The van der Waals surface area contributed by atoms with Crippen molar-refractivity contribution in [2.75, 3.05) is 25.9 Å². The molecule has 0 spiro atoms. The van der Waals surface area contributed by atoms with Gasteiger partial charge in [-0.15, -0.1) is 0 Å². The lowest BCUT2D eigenvalue weighted by Gasteiger charge is -2.31. The van der Waals surface area contributed by atoms with Crippen molar-refractivity contribution in [1.82, 2.24) is 30.4 Å². The minimum Gasteiger partial charge on any atom is -0.372 e. The van der Waals surface area contributed by atoms with Crippen molar-refractivity contribution < 1.29 is 32.1 Å². The molecule has 3 aliphatic rings. The highest BCUT2D eigenvalue weighted by Gasteiger charge is 2.44. The van der Waals surface area contributed by atoms with Gasteiger partial charge in [-0.2, -0.15) is 4.98 Å². The van der Waals surface area contributed by atoms with E-state index in [0.717, 1.165) is 69.9 Å². The molecule has 3 N–H and O–H groups in total. The fourth-order valence-corrected chi connectivity index (χ4v) is 8.76. The number of carbonyl (C=O) groups is 3. The molecule has 0 bridgehead atoms. The Bertz CT molecular complexity index is 1810. The molecule has 6 rings (SSSR count). The fraction of sp³-hybridized carbons (Fsp3) is 0.564. The number of ether oxygens (including phenoxy) is 1. The normalized spacial score (nSPS) is 21.1. The van der Waals surface area contributed by atoms with Crippen molar-refractivity contribution in [1.29, 1.82) is 0 Å². The van der Waals surface area contributed by atoms with Gasteiger partial charge >= 0.3 is 0 Å². The summed E-state index contributed by atoms with van der Waals surface area (Å²) in [5.74, 6) is -0.840. The van der Waals surface area contributed by atoms with E-state index in [9.17, 15) is 22.8 Å². The second-order valence-electron chi connectivity index (χ2n) is 15.0. The number of likely N-dealkylation sites (tertiary alicyclic amines) is 1. The van der Waals surface area contributed by atoms with Crippen LogP contribution in [0, 0.1) is 11.8 Å². The van der Waals surface area contributed by atoms with Crippen molar-refractivity contribution >= 4 is 39.2 Å². The molecule has 13 nitrogen and oxygen atoms in total. The number of sulfonamides is 1. The lowest BCUT2D eigenvalue weighted by molar-refractivity contribution is -0.140. The molecule has 1 saturated carbocycles. The maximum Gasteiger partial charge on any atom is 0.258 e. The molecule has 2 aliphatic heterocycles. The summed E-state index contributed by atoms with van der Waals surface area (Å²) >= 11 is 6.07. The van der Waals surface area contributed by atoms with Gasteiger partial charge in [0.25, 0.3) is 5.89 Å². The zero-order valence-electron chi connectivity index (χ0n) is 30.8. The van der Waals surface area contributed by atoms with E-state index < -0.39 is 51.9 Å². The number of rotatable bonds is 16. The van der Waals surface area contributed by atoms with Gasteiger partial charge in [0.1, 0.15) is 12.1 Å². The van der Waals surface area contributed by atoms with Crippen LogP contribution in [0.25, 0.3) is 11.5 Å². The van der Waals surface area contributed by atoms with Crippen LogP contribution in [-0.2, 0) is 31.0 Å². The SMILES string of the molecule is CS(=O)(=O)N[C@H](CCC1CCNCC1)C(=O)N1C[C@H](OCc2ccc(Cl)cc2)C[C@H]1C(=O)N[C@@H](CC1CCCCC1)C(=O)c1noc(-c2ccccc2)n1. The molecule has 292 valence electrons. The van der Waals surface area contributed by atoms with Gasteiger partial charge in [-0.3, -0.25) is 14.4 Å². The van der Waals surface area contributed by atoms with Crippen molar-refractivity contribution in [2.24, 2.45) is 11.8 Å². The van der Waals surface area contributed by atoms with Crippen LogP contribution in [0.4, 0.5) is 0 Å². The number of aromatic nitrogens is 2. The van der Waals surface area contributed by atoms with Gasteiger partial charge in [0.2, 0.25) is 33.4 Å². The smallest absolute Gasteiger partial charge is 0.258 e. The van der Waals surface area contributed by atoms with Crippen molar-refractivity contribution in [2.45, 2.75) is 101 Å². The summed E-state index contributed by atoms with van der Waals surface area (Å²) in [6, 6.07) is 13.3. The summed E-state index contributed by atoms with van der Waals surface area (Å²) in [5, 5.41) is 10.9. The van der Waals surface area contributed by atoms with Crippen LogP contribution in [-0.4, -0.2) is 91.2 Å². The van der Waals surface area contributed by atoms with Crippen molar-refractivity contribution in [3.8, 4) is 11.5 Å². The first-order chi connectivity index (χ1) is 26.0. The Labute approximate surface area is 322 Å². The molecule has 2 aromatic carbocycles. The number of benzene rings is 2. The number of nitrogens with zero attached hydrogens (tertiary/aromatic N) is 3. The largest absolute Gasteiger partial charge is 0.372 e. The second-order valence-corrected chi connectivity index (χ2v) is 17.2. The van der Waals surface area contributed by atoms with Crippen molar-refractivity contribution in [3.63, 3.8) is 0 Å². The molecule has 0 unspecified atom stereocenters. The number of nitrogens with one attached hydrogen (secondary N) is 3. The standard InChI is InChI=1S/C39H51ClN6O7S/c1-54(50,51)45-32(17-14-26-18-20-41-21-19-26)39(49)46-24-31(52-25-28-12-15-30(40)16-13-28)23-34(46)37(48)42-33(22-27-8-4-2-5-9-27)35(47)36-43-38(53-44-36)29-10-6-3-7-11-29/h3,6-7,10-13,15-16,26-27,31-34,41,45H,2,4-5,8-9,14,17-25H2,1H3,(H,42,48)/t31-,32-,33+,34+/m1/s1. The average Bonchev–Trinajstić information content (AvgIpc) is 3.85. The Balaban J connectivity index is 1.23. The molecule has 54 heavy (non-hydrogen) atoms. The number of ketones is 1. The van der Waals surface area contributed by atoms with Gasteiger partial charge in [-0.1, -0.05) is 79.2 Å². The van der Waals surface area contributed by atoms with E-state index in [1.807, 2.05) is 30.3 Å². The third-order valence-corrected chi connectivity index (χ3v) is 11.8. The third-order valence-electron chi connectivity index (χ3n) is 10.8. The average molecular weight is 783 g/mol. The monoisotopic (exact) mass is 782 g/mol. The number of hydrogen-bond acceptors (Lipinski definition) is 10. The number of piperidine rings is 1. The van der Waals surface area contributed by atoms with E-state index in [4.69, 9.17) is 20.9 Å². The minimum atomic E-state index is -3.77. The Kier molecular flexibility index (Phi) is 13.9. The zero-order valence-corrected chi connectivity index (χ0v) is 32.3. The lowest BCUT2D eigenvalue weighted by atomic mass is 9.84. The first-order valence-corrected chi connectivity index (χ1v) is 21.4. The first-order valence-electron chi connectivity index (χ1n) is 19.1. The minimum absolute atomic E-state index is 0.0757. The number of carbonyl (C=O) groups excluding carboxylic acids is 3. The highest BCUT2D eigenvalue weighted by atomic mass is 35.5. The van der Waals surface area contributed by atoms with Crippen molar-refractivity contribution in [3.05, 3.63) is 71.0 Å². The van der Waals surface area contributed by atoms with Gasteiger partial charge < -0.3 is 24.8 Å². The quantitative estimate of drug-likeness (QED) is 0.170. The lowest BCUT2D eigenvalue weighted by Crippen LogP contribution is -2.55. The van der Waals surface area contributed by atoms with Gasteiger partial charge in [0, 0.05) is 23.6 Å². The van der Waals surface area contributed by atoms with E-state index in [-0.39, 0.29) is 37.2 Å². The van der Waals surface area contributed by atoms with Crippen LogP contribution in [0.5, 0.6) is 0 Å². The maximum atomic E-state index is 14.4. The Morgan fingerprint density at radius 1 is 0.981 bits per heavy atom. The molecule has 15 heteroatoms. The fourth-order valence-electron chi connectivity index (χ4n) is 7.90. The van der Waals surface area contributed by atoms with Crippen LogP contribution >= 0.6 is 11.6 Å². The van der Waals surface area contributed by atoms with Gasteiger partial charge in [0.05, 0.1) is 25.0 Å². The molecule has 0 radical (unpaired) electrons. The Morgan fingerprint density at radius 2 is 1.70 bits per heavy atom. The van der Waals surface area contributed by atoms with Crippen LogP contribution < -0.4 is 15.4 Å². The molecule has 2 saturated heterocycles. The topological polar surface area (TPSA) is 173 Å². The summed E-state index contributed by atoms with van der Waals surface area (Å²) in [6.45, 7) is 2.06. The molecule has 2 amide bonds. The van der Waals surface area contributed by atoms with Gasteiger partial charge in [-0.25, -0.2) is 13.1 Å². The van der Waals surface area contributed by atoms with E-state index in [2.05, 4.69) is 25.5 Å². The Hall–Kier alpha value is -3.69. The van der Waals surface area contributed by atoms with E-state index in [1.165, 1.54) is 4.90 Å². The summed E-state index contributed by atoms with van der Waals surface area (Å²) in [4.78, 5) is 48.7. The molecule has 3 fully saturated rings. The number of hydrogen-bond donors (Lipinski definition) is 3. The number of halogens is 1. The van der Waals surface area contributed by atoms with Crippen LogP contribution in [0.3, 0.4) is 0 Å². The predicted molar refractivity (Wildman–Crippen MR) is 204 cm³/mol. The van der Waals surface area contributed by atoms with Crippen LogP contribution in [0.15, 0.2) is 59.1 Å². The van der Waals surface area contributed by atoms with Crippen LogP contribution in [0.2, 0.25) is 5.02 Å². The third kappa shape index (κ3) is 11.2. The highest BCUT2D eigenvalue weighted by molar-refractivity contribution is 7.88. The molecule has 1 aromatic heterocycles. The molecule has 3 aromatic rings. The molecule has 3 heterocycles. The maximum absolute atomic E-state index is 14.4. The van der Waals surface area contributed by atoms with Gasteiger partial charge in [-0.05, 0) is 86.9 Å². The zero-order chi connectivity index (χ0) is 38.1. The number of amides is 2. The summed E-state index contributed by atoms with van der Waals surface area (Å²) in [5.41, 5.74) is 1.54. The summed E-state index contributed by atoms with van der Waals surface area (Å²) in [7, 11) is -3.77. The summed E-state index contributed by atoms with van der Waals surface area (Å²) < 4.78 is 39.4.